The van der Waals surface area contributed by atoms with Crippen LogP contribution in [0.3, 0.4) is 0 Å². The fourth-order valence-corrected chi connectivity index (χ4v) is 1.88. The topological polar surface area (TPSA) is 42.1 Å². The molecule has 0 atom stereocenters. The summed E-state index contributed by atoms with van der Waals surface area (Å²) < 4.78 is 0. The summed E-state index contributed by atoms with van der Waals surface area (Å²) in [6.07, 6.45) is 9.94. The van der Waals surface area contributed by atoms with Gasteiger partial charge in [0.1, 0.15) is 0 Å². The van der Waals surface area contributed by atoms with Gasteiger partial charge in [-0.25, -0.2) is 0 Å². The molecule has 0 bridgehead atoms. The van der Waals surface area contributed by atoms with E-state index in [1.54, 1.807) is 0 Å². The van der Waals surface area contributed by atoms with E-state index in [9.17, 15) is 0 Å². The molecular weight excluding hydrogens is 210 g/mol. The third-order valence-electron chi connectivity index (χ3n) is 3.04. The molecule has 90 valence electrons. The van der Waals surface area contributed by atoms with Crippen LogP contribution in [0.5, 0.6) is 0 Å². The van der Waals surface area contributed by atoms with Crippen LogP contribution < -0.4 is 5.73 Å². The second-order valence-corrected chi connectivity index (χ2v) is 4.68. The number of pyridine rings is 1. The standard InChI is InChI=1S/C14H19N3/c1-2-7-17(10-12-3-4-12)11-14-6-5-13(8-15)9-16-14/h1,5-6,9,12H,3-4,7-8,10-11,15H2. The number of nitrogens with zero attached hydrogens (tertiary/aromatic N) is 2. The SMILES string of the molecule is C#CCN(Cc1ccc(CN)cn1)CC1CC1. The summed E-state index contributed by atoms with van der Waals surface area (Å²) >= 11 is 0. The maximum atomic E-state index is 5.55. The minimum Gasteiger partial charge on any atom is -0.326 e. The lowest BCUT2D eigenvalue weighted by Crippen LogP contribution is -2.26. The van der Waals surface area contributed by atoms with Gasteiger partial charge in [-0.1, -0.05) is 12.0 Å². The Balaban J connectivity index is 1.92. The molecule has 0 saturated heterocycles. The number of rotatable bonds is 6. The molecule has 2 N–H and O–H groups in total. The van der Waals surface area contributed by atoms with Gasteiger partial charge in [-0.05, 0) is 30.4 Å². The average molecular weight is 229 g/mol. The minimum absolute atomic E-state index is 0.545. The van der Waals surface area contributed by atoms with E-state index in [2.05, 4.69) is 15.8 Å². The van der Waals surface area contributed by atoms with E-state index in [0.717, 1.165) is 30.3 Å². The molecular formula is C14H19N3. The van der Waals surface area contributed by atoms with Crippen LogP contribution in [0.2, 0.25) is 0 Å². The first-order chi connectivity index (χ1) is 8.31. The van der Waals surface area contributed by atoms with Crippen LogP contribution in [0.25, 0.3) is 0 Å². The van der Waals surface area contributed by atoms with Gasteiger partial charge in [0.05, 0.1) is 12.2 Å². The van der Waals surface area contributed by atoms with E-state index in [4.69, 9.17) is 12.2 Å². The highest BCUT2D eigenvalue weighted by molar-refractivity contribution is 5.13. The van der Waals surface area contributed by atoms with Crippen molar-refractivity contribution in [1.29, 1.82) is 0 Å². The molecule has 1 aromatic rings. The van der Waals surface area contributed by atoms with Gasteiger partial charge in [-0.2, -0.15) is 0 Å². The zero-order valence-electron chi connectivity index (χ0n) is 10.1. The molecule has 3 nitrogen and oxygen atoms in total. The van der Waals surface area contributed by atoms with Crippen LogP contribution in [0.1, 0.15) is 24.1 Å². The highest BCUT2D eigenvalue weighted by atomic mass is 15.1. The molecule has 17 heavy (non-hydrogen) atoms. The molecule has 1 aliphatic rings. The van der Waals surface area contributed by atoms with Crippen LogP contribution >= 0.6 is 0 Å². The van der Waals surface area contributed by atoms with Gasteiger partial charge in [-0.3, -0.25) is 9.88 Å². The van der Waals surface area contributed by atoms with Gasteiger partial charge in [0.15, 0.2) is 0 Å². The highest BCUT2D eigenvalue weighted by Gasteiger charge is 2.24. The van der Waals surface area contributed by atoms with Crippen molar-refractivity contribution in [3.63, 3.8) is 0 Å². The Labute approximate surface area is 103 Å². The van der Waals surface area contributed by atoms with E-state index < -0.39 is 0 Å². The van der Waals surface area contributed by atoms with E-state index in [0.29, 0.717) is 13.1 Å². The Hall–Kier alpha value is -1.37. The molecule has 3 heteroatoms. The molecule has 1 heterocycles. The number of hydrogen-bond acceptors (Lipinski definition) is 3. The second kappa shape index (κ2) is 5.81. The quantitative estimate of drug-likeness (QED) is 0.749. The number of nitrogens with two attached hydrogens (primary N) is 1. The lowest BCUT2D eigenvalue weighted by Gasteiger charge is -2.18. The van der Waals surface area contributed by atoms with Crippen LogP contribution in [-0.4, -0.2) is 23.0 Å². The zero-order valence-corrected chi connectivity index (χ0v) is 10.1. The van der Waals surface area contributed by atoms with Crippen molar-refractivity contribution in [3.8, 4) is 12.3 Å². The predicted molar refractivity (Wildman–Crippen MR) is 69.0 cm³/mol. The summed E-state index contributed by atoms with van der Waals surface area (Å²) in [5.74, 6) is 3.58. The highest BCUT2D eigenvalue weighted by Crippen LogP contribution is 2.29. The molecule has 0 aromatic carbocycles. The molecule has 0 unspecified atom stereocenters. The fourth-order valence-electron chi connectivity index (χ4n) is 1.88. The van der Waals surface area contributed by atoms with Gasteiger partial charge in [0.25, 0.3) is 0 Å². The Kier molecular flexibility index (Phi) is 4.13. The molecule has 0 amide bonds. The van der Waals surface area contributed by atoms with Crippen LogP contribution in [0, 0.1) is 18.3 Å². The van der Waals surface area contributed by atoms with Crippen LogP contribution in [0.4, 0.5) is 0 Å². The summed E-state index contributed by atoms with van der Waals surface area (Å²) in [5.41, 5.74) is 7.68. The lowest BCUT2D eigenvalue weighted by atomic mass is 10.2. The van der Waals surface area contributed by atoms with E-state index in [-0.39, 0.29) is 0 Å². The summed E-state index contributed by atoms with van der Waals surface area (Å²) in [5, 5.41) is 0. The van der Waals surface area contributed by atoms with Gasteiger partial charge in [0, 0.05) is 25.8 Å². The fraction of sp³-hybridized carbons (Fsp3) is 0.500. The Morgan fingerprint density at radius 3 is 2.82 bits per heavy atom. The zero-order chi connectivity index (χ0) is 12.1. The normalized spacial score (nSPS) is 14.9. The maximum absolute atomic E-state index is 5.55. The van der Waals surface area contributed by atoms with E-state index >= 15 is 0 Å². The summed E-state index contributed by atoms with van der Waals surface area (Å²) in [6, 6.07) is 4.08. The number of terminal acetylenes is 1. The first kappa shape index (κ1) is 12.1. The molecule has 2 rings (SSSR count). The van der Waals surface area contributed by atoms with Crippen molar-refractivity contribution in [2.24, 2.45) is 11.7 Å². The maximum Gasteiger partial charge on any atom is 0.0602 e. The van der Waals surface area contributed by atoms with Crippen LogP contribution in [0.15, 0.2) is 18.3 Å². The lowest BCUT2D eigenvalue weighted by molar-refractivity contribution is 0.283. The predicted octanol–water partition coefficient (Wildman–Crippen LogP) is 1.39. The van der Waals surface area contributed by atoms with Gasteiger partial charge in [0.2, 0.25) is 0 Å². The first-order valence-electron chi connectivity index (χ1n) is 6.11. The van der Waals surface area contributed by atoms with Crippen molar-refractivity contribution in [2.75, 3.05) is 13.1 Å². The van der Waals surface area contributed by atoms with Crippen LogP contribution in [-0.2, 0) is 13.1 Å². The van der Waals surface area contributed by atoms with E-state index in [1.807, 2.05) is 18.3 Å². The number of hydrogen-bond donors (Lipinski definition) is 1. The monoisotopic (exact) mass is 229 g/mol. The molecule has 1 aliphatic carbocycles. The van der Waals surface area contributed by atoms with Crippen molar-refractivity contribution < 1.29 is 0 Å². The molecule has 1 fully saturated rings. The summed E-state index contributed by atoms with van der Waals surface area (Å²) in [4.78, 5) is 6.70. The Morgan fingerprint density at radius 2 is 2.29 bits per heavy atom. The molecule has 0 spiro atoms. The summed E-state index contributed by atoms with van der Waals surface area (Å²) in [7, 11) is 0. The van der Waals surface area contributed by atoms with Gasteiger partial charge >= 0.3 is 0 Å². The third kappa shape index (κ3) is 3.85. The first-order valence-corrected chi connectivity index (χ1v) is 6.11. The molecule has 1 aromatic heterocycles. The van der Waals surface area contributed by atoms with Crippen molar-refractivity contribution >= 4 is 0 Å². The van der Waals surface area contributed by atoms with Gasteiger partial charge < -0.3 is 5.73 Å². The smallest absolute Gasteiger partial charge is 0.0602 e. The molecule has 1 saturated carbocycles. The minimum atomic E-state index is 0.545. The summed E-state index contributed by atoms with van der Waals surface area (Å²) in [6.45, 7) is 3.19. The van der Waals surface area contributed by atoms with Crippen molar-refractivity contribution in [3.05, 3.63) is 29.6 Å². The molecule has 0 aliphatic heterocycles. The second-order valence-electron chi connectivity index (χ2n) is 4.68. The van der Waals surface area contributed by atoms with E-state index in [1.165, 1.54) is 12.8 Å². The largest absolute Gasteiger partial charge is 0.326 e. The average Bonchev–Trinajstić information content (AvgIpc) is 3.14. The third-order valence-corrected chi connectivity index (χ3v) is 3.04. The Bertz CT molecular complexity index is 387. The molecule has 0 radical (unpaired) electrons. The Morgan fingerprint density at radius 1 is 1.47 bits per heavy atom. The number of aromatic nitrogens is 1. The van der Waals surface area contributed by atoms with Gasteiger partial charge in [-0.15, -0.1) is 6.42 Å². The van der Waals surface area contributed by atoms with Crippen molar-refractivity contribution in [2.45, 2.75) is 25.9 Å². The van der Waals surface area contributed by atoms with Crippen molar-refractivity contribution in [1.82, 2.24) is 9.88 Å².